The first-order valence-electron chi connectivity index (χ1n) is 3.85. The average molecular weight is 172 g/mol. The Hall–Kier alpha value is -0.900. The van der Waals surface area contributed by atoms with Crippen molar-refractivity contribution in [3.63, 3.8) is 0 Å². The summed E-state index contributed by atoms with van der Waals surface area (Å²) in [5.41, 5.74) is 0. The van der Waals surface area contributed by atoms with E-state index >= 15 is 0 Å². The lowest BCUT2D eigenvalue weighted by Gasteiger charge is -2.05. The van der Waals surface area contributed by atoms with E-state index in [9.17, 15) is 9.59 Å². The second-order valence-electron chi connectivity index (χ2n) is 2.91. The summed E-state index contributed by atoms with van der Waals surface area (Å²) in [4.78, 5) is 21.9. The Balaban J connectivity index is 2.50. The van der Waals surface area contributed by atoms with Crippen LogP contribution in [0.2, 0.25) is 0 Å². The molecule has 0 amide bonds. The first-order valence-corrected chi connectivity index (χ1v) is 3.85. The molecular formula is C8H12O4. The summed E-state index contributed by atoms with van der Waals surface area (Å²) >= 11 is 0. The van der Waals surface area contributed by atoms with E-state index in [4.69, 9.17) is 9.47 Å². The number of cyclic esters (lactones) is 1. The normalized spacial score (nSPS) is 28.7. The van der Waals surface area contributed by atoms with Gasteiger partial charge in [-0.15, -0.1) is 0 Å². The van der Waals surface area contributed by atoms with E-state index in [1.54, 1.807) is 0 Å². The molecule has 0 N–H and O–H groups in total. The topological polar surface area (TPSA) is 52.6 Å². The average Bonchev–Trinajstić information content (AvgIpc) is 2.32. The van der Waals surface area contributed by atoms with Gasteiger partial charge in [0.25, 0.3) is 0 Å². The van der Waals surface area contributed by atoms with Crippen LogP contribution in [0.4, 0.5) is 0 Å². The highest BCUT2D eigenvalue weighted by Gasteiger charge is 2.37. The van der Waals surface area contributed by atoms with Crippen LogP contribution in [0.15, 0.2) is 0 Å². The minimum absolute atomic E-state index is 0.126. The Morgan fingerprint density at radius 3 is 2.83 bits per heavy atom. The highest BCUT2D eigenvalue weighted by atomic mass is 16.6. The Labute approximate surface area is 70.8 Å². The number of hydrogen-bond donors (Lipinski definition) is 0. The van der Waals surface area contributed by atoms with Crippen LogP contribution in [0.5, 0.6) is 0 Å². The molecule has 1 aliphatic rings. The fourth-order valence-electron chi connectivity index (χ4n) is 1.27. The molecule has 0 aromatic heterocycles. The number of Topliss-reactive ketones (excluding diaryl/α,β-unsaturated/α-hetero) is 1. The maximum Gasteiger partial charge on any atom is 0.316 e. The zero-order valence-electron chi connectivity index (χ0n) is 7.20. The summed E-state index contributed by atoms with van der Waals surface area (Å²) in [5.74, 6) is -1.10. The minimum Gasteiger partial charge on any atom is -0.459 e. The smallest absolute Gasteiger partial charge is 0.316 e. The van der Waals surface area contributed by atoms with Gasteiger partial charge in [-0.2, -0.15) is 0 Å². The molecule has 4 nitrogen and oxygen atoms in total. The lowest BCUT2D eigenvalue weighted by molar-refractivity contribution is -0.147. The zero-order chi connectivity index (χ0) is 9.14. The predicted molar refractivity (Wildman–Crippen MR) is 40.5 cm³/mol. The van der Waals surface area contributed by atoms with Crippen molar-refractivity contribution < 1.29 is 19.1 Å². The summed E-state index contributed by atoms with van der Waals surface area (Å²) in [6.45, 7) is 1.77. The van der Waals surface area contributed by atoms with Gasteiger partial charge in [0.1, 0.15) is 17.8 Å². The van der Waals surface area contributed by atoms with Gasteiger partial charge >= 0.3 is 5.97 Å². The Kier molecular flexibility index (Phi) is 2.81. The third-order valence-electron chi connectivity index (χ3n) is 1.91. The molecule has 1 aliphatic heterocycles. The SMILES string of the molecule is COCC1CC(C(C)=O)C(=O)O1. The fraction of sp³-hybridized carbons (Fsp3) is 0.750. The van der Waals surface area contributed by atoms with Gasteiger partial charge in [0, 0.05) is 13.5 Å². The number of ketones is 1. The van der Waals surface area contributed by atoms with E-state index < -0.39 is 11.9 Å². The van der Waals surface area contributed by atoms with Gasteiger partial charge in [-0.25, -0.2) is 0 Å². The Morgan fingerprint density at radius 1 is 1.75 bits per heavy atom. The van der Waals surface area contributed by atoms with E-state index in [2.05, 4.69) is 0 Å². The van der Waals surface area contributed by atoms with Crippen LogP contribution in [0.25, 0.3) is 0 Å². The maximum atomic E-state index is 11.0. The summed E-state index contributed by atoms with van der Waals surface area (Å²) in [6, 6.07) is 0. The second-order valence-corrected chi connectivity index (χ2v) is 2.91. The molecule has 1 rings (SSSR count). The molecule has 0 saturated carbocycles. The van der Waals surface area contributed by atoms with E-state index in [1.165, 1.54) is 14.0 Å². The molecule has 68 valence electrons. The van der Waals surface area contributed by atoms with Crippen LogP contribution < -0.4 is 0 Å². The molecule has 0 aromatic carbocycles. The lowest BCUT2D eigenvalue weighted by Crippen LogP contribution is -2.15. The number of carbonyl (C=O) groups is 2. The van der Waals surface area contributed by atoms with Gasteiger partial charge in [-0.3, -0.25) is 9.59 Å². The van der Waals surface area contributed by atoms with Crippen LogP contribution in [0.3, 0.4) is 0 Å². The first-order chi connectivity index (χ1) is 5.65. The second kappa shape index (κ2) is 3.67. The molecule has 4 heteroatoms. The van der Waals surface area contributed by atoms with Crippen molar-refractivity contribution in [2.24, 2.45) is 5.92 Å². The van der Waals surface area contributed by atoms with Crippen molar-refractivity contribution in [1.82, 2.24) is 0 Å². The van der Waals surface area contributed by atoms with Crippen molar-refractivity contribution in [3.05, 3.63) is 0 Å². The Bertz CT molecular complexity index is 199. The third-order valence-corrected chi connectivity index (χ3v) is 1.91. The third kappa shape index (κ3) is 1.82. The van der Waals surface area contributed by atoms with Crippen molar-refractivity contribution >= 4 is 11.8 Å². The number of hydrogen-bond acceptors (Lipinski definition) is 4. The Morgan fingerprint density at radius 2 is 2.42 bits per heavy atom. The maximum absolute atomic E-state index is 11.0. The zero-order valence-corrected chi connectivity index (χ0v) is 7.20. The highest BCUT2D eigenvalue weighted by Crippen LogP contribution is 2.21. The number of esters is 1. The van der Waals surface area contributed by atoms with Gasteiger partial charge in [-0.05, 0) is 6.92 Å². The summed E-state index contributed by atoms with van der Waals surface area (Å²) in [7, 11) is 1.54. The van der Waals surface area contributed by atoms with Crippen LogP contribution in [-0.2, 0) is 19.1 Å². The van der Waals surface area contributed by atoms with E-state index in [1.807, 2.05) is 0 Å². The van der Waals surface area contributed by atoms with Gasteiger partial charge in [0.15, 0.2) is 0 Å². The number of methoxy groups -OCH3 is 1. The molecule has 2 unspecified atom stereocenters. The fourth-order valence-corrected chi connectivity index (χ4v) is 1.27. The highest BCUT2D eigenvalue weighted by molar-refractivity contribution is 5.98. The molecule has 0 aliphatic carbocycles. The number of rotatable bonds is 3. The lowest BCUT2D eigenvalue weighted by atomic mass is 10.0. The van der Waals surface area contributed by atoms with Gasteiger partial charge in [0.05, 0.1) is 6.61 Å². The summed E-state index contributed by atoms with van der Waals surface area (Å²) in [5, 5.41) is 0. The largest absolute Gasteiger partial charge is 0.459 e. The van der Waals surface area contributed by atoms with Gasteiger partial charge in [-0.1, -0.05) is 0 Å². The van der Waals surface area contributed by atoms with E-state index in [-0.39, 0.29) is 11.9 Å². The molecule has 1 saturated heterocycles. The molecule has 0 aromatic rings. The molecule has 0 spiro atoms. The van der Waals surface area contributed by atoms with Gasteiger partial charge < -0.3 is 9.47 Å². The molecule has 12 heavy (non-hydrogen) atoms. The van der Waals surface area contributed by atoms with Crippen molar-refractivity contribution in [1.29, 1.82) is 0 Å². The standard InChI is InChI=1S/C8H12O4/c1-5(9)7-3-6(4-11-2)12-8(7)10/h6-7H,3-4H2,1-2H3. The van der Waals surface area contributed by atoms with E-state index in [0.29, 0.717) is 13.0 Å². The molecular weight excluding hydrogens is 160 g/mol. The van der Waals surface area contributed by atoms with E-state index in [0.717, 1.165) is 0 Å². The van der Waals surface area contributed by atoms with Crippen LogP contribution in [0.1, 0.15) is 13.3 Å². The quantitative estimate of drug-likeness (QED) is 0.449. The van der Waals surface area contributed by atoms with Crippen molar-refractivity contribution in [2.75, 3.05) is 13.7 Å². The molecule has 2 atom stereocenters. The van der Waals surface area contributed by atoms with Crippen molar-refractivity contribution in [3.8, 4) is 0 Å². The summed E-state index contributed by atoms with van der Waals surface area (Å²) < 4.78 is 9.70. The molecule has 0 radical (unpaired) electrons. The number of ether oxygens (including phenoxy) is 2. The predicted octanol–water partition coefficient (Wildman–Crippen LogP) is 0.153. The van der Waals surface area contributed by atoms with Crippen LogP contribution >= 0.6 is 0 Å². The first kappa shape index (κ1) is 9.19. The molecule has 0 bridgehead atoms. The monoisotopic (exact) mass is 172 g/mol. The summed E-state index contributed by atoms with van der Waals surface area (Å²) in [6.07, 6.45) is 0.221. The van der Waals surface area contributed by atoms with Crippen LogP contribution in [0, 0.1) is 5.92 Å². The van der Waals surface area contributed by atoms with Gasteiger partial charge in [0.2, 0.25) is 0 Å². The van der Waals surface area contributed by atoms with Crippen molar-refractivity contribution in [2.45, 2.75) is 19.4 Å². The minimum atomic E-state index is -0.565. The number of carbonyl (C=O) groups excluding carboxylic acids is 2. The molecule has 1 heterocycles. The van der Waals surface area contributed by atoms with Crippen LogP contribution in [-0.4, -0.2) is 31.6 Å². The molecule has 1 fully saturated rings.